The number of nitrogens with zero attached hydrogens (tertiary/aromatic N) is 1. The number of halogens is 2. The molecule has 2 aromatic carbocycles. The van der Waals surface area contributed by atoms with Gasteiger partial charge < -0.3 is 9.47 Å². The van der Waals surface area contributed by atoms with Crippen LogP contribution in [0.3, 0.4) is 0 Å². The highest BCUT2D eigenvalue weighted by Gasteiger charge is 2.05. The summed E-state index contributed by atoms with van der Waals surface area (Å²) in [6.45, 7) is 0.315. The molecule has 0 atom stereocenters. The molecule has 0 aromatic heterocycles. The largest absolute Gasteiger partial charge is 0.495 e. The minimum absolute atomic E-state index is 0.315. The molecule has 2 rings (SSSR count). The minimum atomic E-state index is 0.315. The third kappa shape index (κ3) is 3.57. The van der Waals surface area contributed by atoms with Crippen molar-refractivity contribution < 1.29 is 9.47 Å². The van der Waals surface area contributed by atoms with Crippen molar-refractivity contribution in [1.29, 1.82) is 5.26 Å². The highest BCUT2D eigenvalue weighted by Crippen LogP contribution is 2.25. The summed E-state index contributed by atoms with van der Waals surface area (Å²) in [7, 11) is 1.53. The first-order chi connectivity index (χ1) is 9.62. The number of ether oxygens (including phenoxy) is 2. The van der Waals surface area contributed by atoms with Crippen molar-refractivity contribution in [3.8, 4) is 17.6 Å². The second-order valence-electron chi connectivity index (χ2n) is 4.04. The number of hydrogen-bond donors (Lipinski definition) is 0. The summed E-state index contributed by atoms with van der Waals surface area (Å²) in [4.78, 5) is 0. The molecule has 0 aliphatic heterocycles. The molecule has 0 spiro atoms. The maximum Gasteiger partial charge on any atom is 0.136 e. The SMILES string of the molecule is COc1ccc(COc2cc(Cl)cc(Cl)c2)cc1C#N. The van der Waals surface area contributed by atoms with Gasteiger partial charge in [0.1, 0.15) is 24.2 Å². The van der Waals surface area contributed by atoms with Gasteiger partial charge in [0.15, 0.2) is 0 Å². The van der Waals surface area contributed by atoms with E-state index in [0.29, 0.717) is 33.7 Å². The molecule has 0 bridgehead atoms. The Labute approximate surface area is 127 Å². The smallest absolute Gasteiger partial charge is 0.136 e. The van der Waals surface area contributed by atoms with Crippen molar-refractivity contribution in [3.05, 3.63) is 57.6 Å². The molecule has 0 N–H and O–H groups in total. The fourth-order valence-electron chi connectivity index (χ4n) is 1.71. The van der Waals surface area contributed by atoms with Gasteiger partial charge in [0.2, 0.25) is 0 Å². The Kier molecular flexibility index (Phi) is 4.73. The fraction of sp³-hybridized carbons (Fsp3) is 0.133. The number of nitriles is 1. The predicted molar refractivity (Wildman–Crippen MR) is 78.5 cm³/mol. The highest BCUT2D eigenvalue weighted by molar-refractivity contribution is 6.34. The molecule has 0 unspecified atom stereocenters. The zero-order chi connectivity index (χ0) is 14.5. The number of benzene rings is 2. The van der Waals surface area contributed by atoms with Crippen molar-refractivity contribution in [1.82, 2.24) is 0 Å². The van der Waals surface area contributed by atoms with Gasteiger partial charge in [0.25, 0.3) is 0 Å². The summed E-state index contributed by atoms with van der Waals surface area (Å²) in [6.07, 6.45) is 0. The van der Waals surface area contributed by atoms with Crippen LogP contribution in [0.2, 0.25) is 10.0 Å². The van der Waals surface area contributed by atoms with E-state index in [9.17, 15) is 0 Å². The summed E-state index contributed by atoms with van der Waals surface area (Å²) in [6, 6.07) is 12.4. The third-order valence-electron chi connectivity index (χ3n) is 2.63. The molecule has 2 aromatic rings. The molecule has 0 heterocycles. The Balaban J connectivity index is 2.13. The minimum Gasteiger partial charge on any atom is -0.495 e. The van der Waals surface area contributed by atoms with E-state index < -0.39 is 0 Å². The van der Waals surface area contributed by atoms with Gasteiger partial charge >= 0.3 is 0 Å². The Morgan fingerprint density at radius 3 is 2.40 bits per heavy atom. The predicted octanol–water partition coefficient (Wildman–Crippen LogP) is 4.45. The van der Waals surface area contributed by atoms with Crippen LogP contribution in [0, 0.1) is 11.3 Å². The Morgan fingerprint density at radius 1 is 1.10 bits per heavy atom. The van der Waals surface area contributed by atoms with Crippen molar-refractivity contribution in [3.63, 3.8) is 0 Å². The maximum atomic E-state index is 9.03. The van der Waals surface area contributed by atoms with Crippen LogP contribution in [0.15, 0.2) is 36.4 Å². The molecule has 20 heavy (non-hydrogen) atoms. The molecule has 0 saturated carbocycles. The normalized spacial score (nSPS) is 9.90. The monoisotopic (exact) mass is 307 g/mol. The van der Waals surface area contributed by atoms with E-state index in [4.69, 9.17) is 37.9 Å². The molecule has 0 aliphatic carbocycles. The van der Waals surface area contributed by atoms with Gasteiger partial charge in [-0.2, -0.15) is 5.26 Å². The van der Waals surface area contributed by atoms with Gasteiger partial charge in [0.05, 0.1) is 12.7 Å². The molecule has 3 nitrogen and oxygen atoms in total. The summed E-state index contributed by atoms with van der Waals surface area (Å²) in [5, 5.41) is 10.1. The maximum absolute atomic E-state index is 9.03. The van der Waals surface area contributed by atoms with Crippen LogP contribution in [0.25, 0.3) is 0 Å². The van der Waals surface area contributed by atoms with E-state index in [1.165, 1.54) is 7.11 Å². The molecule has 0 saturated heterocycles. The average molecular weight is 308 g/mol. The van der Waals surface area contributed by atoms with Gasteiger partial charge in [-0.15, -0.1) is 0 Å². The van der Waals surface area contributed by atoms with Crippen LogP contribution >= 0.6 is 23.2 Å². The Morgan fingerprint density at radius 2 is 1.80 bits per heavy atom. The molecule has 5 heteroatoms. The topological polar surface area (TPSA) is 42.2 Å². The molecule has 0 fully saturated rings. The van der Waals surface area contributed by atoms with Crippen LogP contribution in [-0.4, -0.2) is 7.11 Å². The molecular formula is C15H11Cl2NO2. The van der Waals surface area contributed by atoms with Crippen LogP contribution in [-0.2, 0) is 6.61 Å². The molecule has 0 aliphatic rings. The summed E-state index contributed by atoms with van der Waals surface area (Å²) in [5.41, 5.74) is 1.33. The van der Waals surface area contributed by atoms with Crippen LogP contribution in [0.1, 0.15) is 11.1 Å². The van der Waals surface area contributed by atoms with Crippen molar-refractivity contribution in [2.24, 2.45) is 0 Å². The van der Waals surface area contributed by atoms with E-state index in [0.717, 1.165) is 5.56 Å². The second kappa shape index (κ2) is 6.51. The van der Waals surface area contributed by atoms with Crippen LogP contribution in [0.4, 0.5) is 0 Å². The first kappa shape index (κ1) is 14.5. The van der Waals surface area contributed by atoms with E-state index in [1.54, 1.807) is 30.3 Å². The first-order valence-electron chi connectivity index (χ1n) is 5.78. The van der Waals surface area contributed by atoms with Crippen LogP contribution in [0.5, 0.6) is 11.5 Å². The number of methoxy groups -OCH3 is 1. The zero-order valence-electron chi connectivity index (χ0n) is 10.7. The zero-order valence-corrected chi connectivity index (χ0v) is 12.2. The van der Waals surface area contributed by atoms with Gasteiger partial charge in [-0.3, -0.25) is 0 Å². The van der Waals surface area contributed by atoms with E-state index in [2.05, 4.69) is 6.07 Å². The molecule has 0 radical (unpaired) electrons. The van der Waals surface area contributed by atoms with Crippen LogP contribution < -0.4 is 9.47 Å². The Hall–Kier alpha value is -1.89. The lowest BCUT2D eigenvalue weighted by atomic mass is 10.1. The van der Waals surface area contributed by atoms with Gasteiger partial charge in [-0.25, -0.2) is 0 Å². The molecular weight excluding hydrogens is 297 g/mol. The Bertz CT molecular complexity index is 645. The van der Waals surface area contributed by atoms with E-state index in [-0.39, 0.29) is 0 Å². The van der Waals surface area contributed by atoms with E-state index >= 15 is 0 Å². The number of rotatable bonds is 4. The third-order valence-corrected chi connectivity index (χ3v) is 3.06. The average Bonchev–Trinajstić information content (AvgIpc) is 2.43. The van der Waals surface area contributed by atoms with Crippen molar-refractivity contribution in [2.45, 2.75) is 6.61 Å². The lowest BCUT2D eigenvalue weighted by molar-refractivity contribution is 0.306. The van der Waals surface area contributed by atoms with Gasteiger partial charge in [-0.05, 0) is 35.9 Å². The fourth-order valence-corrected chi connectivity index (χ4v) is 2.22. The highest BCUT2D eigenvalue weighted by atomic mass is 35.5. The lowest BCUT2D eigenvalue weighted by Gasteiger charge is -2.09. The molecule has 0 amide bonds. The van der Waals surface area contributed by atoms with Crippen molar-refractivity contribution in [2.75, 3.05) is 7.11 Å². The summed E-state index contributed by atoms with van der Waals surface area (Å²) in [5.74, 6) is 1.12. The van der Waals surface area contributed by atoms with Gasteiger partial charge in [-0.1, -0.05) is 29.3 Å². The quantitative estimate of drug-likeness (QED) is 0.838. The summed E-state index contributed by atoms with van der Waals surface area (Å²) < 4.78 is 10.7. The summed E-state index contributed by atoms with van der Waals surface area (Å²) >= 11 is 11.8. The standard InChI is InChI=1S/C15H11Cl2NO2/c1-19-15-3-2-10(4-11(15)8-18)9-20-14-6-12(16)5-13(17)7-14/h2-7H,9H2,1H3. The molecule has 102 valence electrons. The first-order valence-corrected chi connectivity index (χ1v) is 6.54. The second-order valence-corrected chi connectivity index (χ2v) is 4.91. The van der Waals surface area contributed by atoms with E-state index in [1.807, 2.05) is 6.07 Å². The van der Waals surface area contributed by atoms with Gasteiger partial charge in [0, 0.05) is 10.0 Å². The number of hydrogen-bond acceptors (Lipinski definition) is 3. The van der Waals surface area contributed by atoms with Crippen molar-refractivity contribution >= 4 is 23.2 Å². The lowest BCUT2D eigenvalue weighted by Crippen LogP contribution is -1.97.